The van der Waals surface area contributed by atoms with Gasteiger partial charge in [0.25, 0.3) is 0 Å². The number of hydrogen-bond donors (Lipinski definition) is 5. The van der Waals surface area contributed by atoms with Crippen LogP contribution in [0.25, 0.3) is 0 Å². The van der Waals surface area contributed by atoms with Gasteiger partial charge in [0, 0.05) is 32.1 Å². The van der Waals surface area contributed by atoms with Gasteiger partial charge >= 0.3 is 25.9 Å². The van der Waals surface area contributed by atoms with Crippen LogP contribution < -0.4 is 21.7 Å². The molecule has 18 nitrogen and oxygen atoms in total. The van der Waals surface area contributed by atoms with E-state index in [9.17, 15) is 33.4 Å². The third kappa shape index (κ3) is 28.3. The number of carbonyl (C=O) groups is 5. The van der Waals surface area contributed by atoms with Crippen molar-refractivity contribution < 1.29 is 66.2 Å². The first-order chi connectivity index (χ1) is 26.7. The molecule has 0 fully saturated rings. The number of likely N-dealkylation sites (N-methyl/N-ethyl adjacent to an activating group) is 1. The summed E-state index contributed by atoms with van der Waals surface area (Å²) in [6.07, 6.45) is 1.00. The van der Waals surface area contributed by atoms with Crippen LogP contribution in [-0.4, -0.2) is 117 Å². The lowest BCUT2D eigenvalue weighted by atomic mass is 9.80. The summed E-state index contributed by atoms with van der Waals surface area (Å²) >= 11 is 0. The predicted molar refractivity (Wildman–Crippen MR) is 222 cm³/mol. The van der Waals surface area contributed by atoms with Crippen molar-refractivity contribution in [2.75, 3.05) is 59.8 Å². The van der Waals surface area contributed by atoms with Crippen LogP contribution in [-0.2, 0) is 56.5 Å². The molecule has 346 valence electrons. The highest BCUT2D eigenvalue weighted by atomic mass is 31.2. The summed E-state index contributed by atoms with van der Waals surface area (Å²) in [6, 6.07) is 0. The first-order valence-corrected chi connectivity index (χ1v) is 21.6. The van der Waals surface area contributed by atoms with Gasteiger partial charge in [-0.25, -0.2) is 9.36 Å². The Bertz CT molecular complexity index is 1390. The number of nitrogens with two attached hydrogens (primary N) is 1. The maximum Gasteiger partial charge on any atom is 0.472 e. The van der Waals surface area contributed by atoms with Crippen molar-refractivity contribution in [3.8, 4) is 0 Å². The quantitative estimate of drug-likeness (QED) is 0.0289. The molecule has 0 aromatic heterocycles. The summed E-state index contributed by atoms with van der Waals surface area (Å²) in [5, 5.41) is 7.56. The number of carbonyl (C=O) groups excluding carboxylic acids is 5. The van der Waals surface area contributed by atoms with E-state index in [0.717, 1.165) is 6.42 Å². The summed E-state index contributed by atoms with van der Waals surface area (Å²) in [7, 11) is -3.26. The monoisotopic (exact) mass is 869 g/mol. The Morgan fingerprint density at radius 1 is 0.661 bits per heavy atom. The van der Waals surface area contributed by atoms with Crippen LogP contribution in [0.5, 0.6) is 0 Å². The van der Waals surface area contributed by atoms with Gasteiger partial charge in [0.2, 0.25) is 11.8 Å². The largest absolute Gasteiger partial charge is 0.472 e. The van der Waals surface area contributed by atoms with Crippen molar-refractivity contribution in [1.82, 2.24) is 16.0 Å². The number of rotatable bonds is 29. The molecular weight excluding hydrogens is 791 g/mol. The standard InChI is InChI=1S/C40H77N4O14P/c1-35(2,3)15-16-36(4,5)32(47)53-25-29(57-33(48)37(6,7)17-18-38(8,9)41)26-56-59(50,51)55-24-22-44-34(49)58-40(12,13)20-23-54-39(10,11)19-21-43-31(46)28-52-27-30(45)42-14/h29H,15-28,41H2,1-14H3,(H,42,45)(H,43,46)(H,44,49)(H,50,51). The van der Waals surface area contributed by atoms with E-state index >= 15 is 0 Å². The van der Waals surface area contributed by atoms with E-state index < -0.39 is 79.4 Å². The minimum atomic E-state index is -4.73. The molecule has 59 heavy (non-hydrogen) atoms. The zero-order valence-electron chi connectivity index (χ0n) is 38.3. The van der Waals surface area contributed by atoms with Crippen LogP contribution in [0.3, 0.4) is 0 Å². The normalized spacial score (nSPS) is 14.4. The second kappa shape index (κ2) is 24.5. The van der Waals surface area contributed by atoms with E-state index in [1.54, 1.807) is 41.5 Å². The van der Waals surface area contributed by atoms with E-state index in [2.05, 4.69) is 36.7 Å². The lowest BCUT2D eigenvalue weighted by Crippen LogP contribution is -2.39. The van der Waals surface area contributed by atoms with Crippen molar-refractivity contribution in [1.29, 1.82) is 0 Å². The van der Waals surface area contributed by atoms with Crippen LogP contribution in [0.1, 0.15) is 129 Å². The Hall–Kier alpha value is -2.86. The Labute approximate surface area is 352 Å². The maximum absolute atomic E-state index is 13.2. The molecule has 2 unspecified atom stereocenters. The van der Waals surface area contributed by atoms with Gasteiger partial charge in [0.05, 0.1) is 36.3 Å². The van der Waals surface area contributed by atoms with Gasteiger partial charge < -0.3 is 50.3 Å². The average molecular weight is 869 g/mol. The molecule has 0 spiro atoms. The highest BCUT2D eigenvalue weighted by molar-refractivity contribution is 7.47. The lowest BCUT2D eigenvalue weighted by molar-refractivity contribution is -0.172. The van der Waals surface area contributed by atoms with Gasteiger partial charge in [0.1, 0.15) is 25.4 Å². The van der Waals surface area contributed by atoms with E-state index in [-0.39, 0.29) is 43.6 Å². The van der Waals surface area contributed by atoms with Crippen molar-refractivity contribution >= 4 is 37.7 Å². The summed E-state index contributed by atoms with van der Waals surface area (Å²) < 4.78 is 50.7. The Morgan fingerprint density at radius 2 is 1.24 bits per heavy atom. The minimum Gasteiger partial charge on any atom is -0.461 e. The Kier molecular flexibility index (Phi) is 23.4. The minimum absolute atomic E-state index is 0.00494. The number of alkyl carbamates (subject to hydrolysis) is 1. The zero-order valence-corrected chi connectivity index (χ0v) is 39.2. The van der Waals surface area contributed by atoms with Crippen LogP contribution in [0.2, 0.25) is 0 Å². The number of ether oxygens (including phenoxy) is 5. The van der Waals surface area contributed by atoms with Gasteiger partial charge in [0.15, 0.2) is 6.10 Å². The molecule has 0 radical (unpaired) electrons. The first-order valence-electron chi connectivity index (χ1n) is 20.1. The molecule has 0 rings (SSSR count). The fourth-order valence-corrected chi connectivity index (χ4v) is 5.44. The van der Waals surface area contributed by atoms with Crippen molar-refractivity contribution in [3.05, 3.63) is 0 Å². The maximum atomic E-state index is 13.2. The van der Waals surface area contributed by atoms with E-state index in [0.29, 0.717) is 38.6 Å². The average Bonchev–Trinajstić information content (AvgIpc) is 3.08. The Morgan fingerprint density at radius 3 is 1.81 bits per heavy atom. The van der Waals surface area contributed by atoms with Gasteiger partial charge in [-0.15, -0.1) is 0 Å². The molecule has 0 saturated carbocycles. The highest BCUT2D eigenvalue weighted by Gasteiger charge is 2.36. The second-order valence-corrected chi connectivity index (χ2v) is 20.7. The Balaban J connectivity index is 5.04. The fourth-order valence-electron chi connectivity index (χ4n) is 4.69. The first kappa shape index (κ1) is 56.1. The molecule has 6 N–H and O–H groups in total. The van der Waals surface area contributed by atoms with Gasteiger partial charge in [-0.05, 0) is 107 Å². The number of esters is 2. The number of nitrogens with one attached hydrogen (secondary N) is 3. The zero-order chi connectivity index (χ0) is 45.9. The molecule has 0 saturated heterocycles. The molecule has 0 heterocycles. The van der Waals surface area contributed by atoms with Gasteiger partial charge in [-0.3, -0.25) is 28.2 Å². The summed E-state index contributed by atoms with van der Waals surface area (Å²) in [6.45, 7) is 22.3. The second-order valence-electron chi connectivity index (χ2n) is 19.2. The van der Waals surface area contributed by atoms with E-state index in [4.69, 9.17) is 38.5 Å². The fraction of sp³-hybridized carbons (Fsp3) is 0.875. The molecule has 0 aliphatic carbocycles. The smallest absolute Gasteiger partial charge is 0.461 e. The van der Waals surface area contributed by atoms with Crippen molar-refractivity contribution in [3.63, 3.8) is 0 Å². The molecular formula is C40H77N4O14P. The topological polar surface area (TPSA) is 249 Å². The summed E-state index contributed by atoms with van der Waals surface area (Å²) in [5.74, 6) is -1.84. The summed E-state index contributed by atoms with van der Waals surface area (Å²) in [4.78, 5) is 72.3. The SMILES string of the molecule is CNC(=O)COCC(=O)NCCC(C)(C)OCCC(C)(C)OC(=O)NCCOP(=O)(O)OCC(COC(=O)C(C)(C)CCC(C)(C)C)OC(=O)C(C)(C)CCC(C)(C)N. The van der Waals surface area contributed by atoms with Crippen LogP contribution in [0, 0.1) is 16.2 Å². The van der Waals surface area contributed by atoms with E-state index in [1.807, 2.05) is 27.7 Å². The number of hydrogen-bond acceptors (Lipinski definition) is 14. The van der Waals surface area contributed by atoms with E-state index in [1.165, 1.54) is 7.05 Å². The molecule has 3 amide bonds. The lowest BCUT2D eigenvalue weighted by Gasteiger charge is -2.30. The third-order valence-corrected chi connectivity index (χ3v) is 10.1. The molecule has 0 bridgehead atoms. The molecule has 0 aromatic carbocycles. The molecule has 0 aliphatic rings. The summed E-state index contributed by atoms with van der Waals surface area (Å²) in [5.41, 5.74) is 2.21. The number of phosphoric ester groups is 1. The van der Waals surface area contributed by atoms with Crippen molar-refractivity contribution in [2.45, 2.75) is 151 Å². The molecule has 2 atom stereocenters. The molecule has 19 heteroatoms. The van der Waals surface area contributed by atoms with Gasteiger partial charge in [-0.2, -0.15) is 0 Å². The highest BCUT2D eigenvalue weighted by Crippen LogP contribution is 2.43. The van der Waals surface area contributed by atoms with Crippen molar-refractivity contribution in [2.24, 2.45) is 22.0 Å². The van der Waals surface area contributed by atoms with Crippen LogP contribution in [0.4, 0.5) is 4.79 Å². The van der Waals surface area contributed by atoms with Crippen LogP contribution in [0.15, 0.2) is 0 Å². The predicted octanol–water partition coefficient (Wildman–Crippen LogP) is 4.93. The number of amides is 3. The third-order valence-electron chi connectivity index (χ3n) is 9.08. The van der Waals surface area contributed by atoms with Crippen LogP contribution >= 0.6 is 7.82 Å². The molecule has 0 aromatic rings. The number of phosphoric acid groups is 1. The molecule has 0 aliphatic heterocycles. The van der Waals surface area contributed by atoms with Gasteiger partial charge in [-0.1, -0.05) is 20.8 Å².